The van der Waals surface area contributed by atoms with Gasteiger partial charge in [0.25, 0.3) is 0 Å². The number of furan rings is 1. The molecular weight excluding hydrogens is 312 g/mol. The van der Waals surface area contributed by atoms with E-state index in [-0.39, 0.29) is 12.1 Å². The maximum Gasteiger partial charge on any atom is 0.317 e. The fourth-order valence-electron chi connectivity index (χ4n) is 2.66. The van der Waals surface area contributed by atoms with Crippen molar-refractivity contribution in [1.29, 1.82) is 0 Å². The molecule has 5 nitrogen and oxygen atoms in total. The van der Waals surface area contributed by atoms with Crippen molar-refractivity contribution in [2.45, 2.75) is 25.9 Å². The molecule has 1 aliphatic heterocycles. The van der Waals surface area contributed by atoms with E-state index >= 15 is 0 Å². The highest BCUT2D eigenvalue weighted by Crippen LogP contribution is 2.24. The highest BCUT2D eigenvalue weighted by atomic mass is 32.1. The lowest BCUT2D eigenvalue weighted by molar-refractivity contribution is -0.0263. The van der Waals surface area contributed by atoms with Crippen LogP contribution >= 0.6 is 11.3 Å². The highest BCUT2D eigenvalue weighted by molar-refractivity contribution is 7.10. The SMILES string of the molecule is Cc1ccc([C@@H]2CN(C(=O)NC[C@H](C)c3cccs3)CCO2)o1. The molecule has 2 aromatic rings. The van der Waals surface area contributed by atoms with Crippen LogP contribution in [0.2, 0.25) is 0 Å². The maximum atomic E-state index is 12.4. The Kier molecular flexibility index (Phi) is 5.03. The van der Waals surface area contributed by atoms with Gasteiger partial charge >= 0.3 is 6.03 Å². The molecule has 0 radical (unpaired) electrons. The Bertz CT molecular complexity index is 638. The third-order valence-corrected chi connectivity index (χ3v) is 5.12. The molecule has 0 unspecified atom stereocenters. The molecule has 124 valence electrons. The van der Waals surface area contributed by atoms with Crippen LogP contribution in [-0.2, 0) is 4.74 Å². The van der Waals surface area contributed by atoms with Gasteiger partial charge < -0.3 is 19.4 Å². The van der Waals surface area contributed by atoms with Crippen molar-refractivity contribution < 1.29 is 13.9 Å². The number of hydrogen-bond donors (Lipinski definition) is 1. The number of urea groups is 1. The Balaban J connectivity index is 1.53. The first-order valence-electron chi connectivity index (χ1n) is 7.87. The second-order valence-electron chi connectivity index (χ2n) is 5.86. The molecule has 2 atom stereocenters. The van der Waals surface area contributed by atoms with E-state index in [9.17, 15) is 4.79 Å². The van der Waals surface area contributed by atoms with Crippen molar-refractivity contribution >= 4 is 17.4 Å². The summed E-state index contributed by atoms with van der Waals surface area (Å²) in [5.74, 6) is 1.96. The Morgan fingerprint density at radius 3 is 3.04 bits per heavy atom. The number of carbonyl (C=O) groups is 1. The van der Waals surface area contributed by atoms with Gasteiger partial charge in [-0.25, -0.2) is 4.79 Å². The van der Waals surface area contributed by atoms with Gasteiger partial charge in [-0.2, -0.15) is 0 Å². The van der Waals surface area contributed by atoms with Gasteiger partial charge in [0.15, 0.2) is 0 Å². The third-order valence-electron chi connectivity index (χ3n) is 4.02. The zero-order valence-corrected chi connectivity index (χ0v) is 14.3. The minimum Gasteiger partial charge on any atom is -0.464 e. The molecule has 6 heteroatoms. The van der Waals surface area contributed by atoms with Crippen LogP contribution in [0, 0.1) is 6.92 Å². The van der Waals surface area contributed by atoms with Crippen LogP contribution in [0.1, 0.15) is 35.3 Å². The van der Waals surface area contributed by atoms with E-state index < -0.39 is 0 Å². The largest absolute Gasteiger partial charge is 0.464 e. The predicted molar refractivity (Wildman–Crippen MR) is 89.8 cm³/mol. The molecule has 1 aliphatic rings. The number of rotatable bonds is 4. The molecular formula is C17H22N2O3S. The van der Waals surface area contributed by atoms with Crippen molar-refractivity contribution in [3.05, 3.63) is 46.0 Å². The maximum absolute atomic E-state index is 12.4. The van der Waals surface area contributed by atoms with Crippen molar-refractivity contribution in [2.24, 2.45) is 0 Å². The smallest absolute Gasteiger partial charge is 0.317 e. The fourth-order valence-corrected chi connectivity index (χ4v) is 3.44. The van der Waals surface area contributed by atoms with E-state index in [1.165, 1.54) is 4.88 Å². The van der Waals surface area contributed by atoms with Crippen molar-refractivity contribution in [3.8, 4) is 0 Å². The number of ether oxygens (including phenoxy) is 1. The molecule has 1 N–H and O–H groups in total. The predicted octanol–water partition coefficient (Wildman–Crippen LogP) is 3.54. The quantitative estimate of drug-likeness (QED) is 0.930. The van der Waals surface area contributed by atoms with Crippen LogP contribution < -0.4 is 5.32 Å². The molecule has 1 fully saturated rings. The summed E-state index contributed by atoms with van der Waals surface area (Å²) < 4.78 is 11.3. The molecule has 0 saturated carbocycles. The summed E-state index contributed by atoms with van der Waals surface area (Å²) in [5.41, 5.74) is 0. The lowest BCUT2D eigenvalue weighted by Crippen LogP contribution is -2.47. The molecule has 0 aromatic carbocycles. The summed E-state index contributed by atoms with van der Waals surface area (Å²) in [7, 11) is 0. The van der Waals surface area contributed by atoms with E-state index in [1.54, 1.807) is 16.2 Å². The first-order chi connectivity index (χ1) is 11.1. The van der Waals surface area contributed by atoms with Crippen LogP contribution in [0.3, 0.4) is 0 Å². The molecule has 2 amide bonds. The van der Waals surface area contributed by atoms with Crippen LogP contribution in [0.15, 0.2) is 34.1 Å². The van der Waals surface area contributed by atoms with Gasteiger partial charge in [0.1, 0.15) is 17.6 Å². The summed E-state index contributed by atoms with van der Waals surface area (Å²) in [6, 6.07) is 7.94. The van der Waals surface area contributed by atoms with Gasteiger partial charge in [0.2, 0.25) is 0 Å². The number of aryl methyl sites for hydroxylation is 1. The molecule has 23 heavy (non-hydrogen) atoms. The minimum atomic E-state index is -0.182. The van der Waals surface area contributed by atoms with Gasteiger partial charge in [-0.1, -0.05) is 13.0 Å². The van der Waals surface area contributed by atoms with Gasteiger partial charge in [0.05, 0.1) is 13.2 Å². The first kappa shape index (κ1) is 16.1. The Morgan fingerprint density at radius 1 is 1.48 bits per heavy atom. The van der Waals surface area contributed by atoms with Gasteiger partial charge in [-0.3, -0.25) is 0 Å². The van der Waals surface area contributed by atoms with Crippen molar-refractivity contribution in [3.63, 3.8) is 0 Å². The van der Waals surface area contributed by atoms with Crippen molar-refractivity contribution in [1.82, 2.24) is 10.2 Å². The number of nitrogens with zero attached hydrogens (tertiary/aromatic N) is 1. The molecule has 3 heterocycles. The number of amides is 2. The molecule has 0 aliphatic carbocycles. The van der Waals surface area contributed by atoms with Crippen LogP contribution in [0.25, 0.3) is 0 Å². The third kappa shape index (κ3) is 3.95. The number of nitrogens with one attached hydrogen (secondary N) is 1. The molecule has 0 bridgehead atoms. The molecule has 0 spiro atoms. The van der Waals surface area contributed by atoms with Crippen LogP contribution in [0.5, 0.6) is 0 Å². The lowest BCUT2D eigenvalue weighted by atomic mass is 10.1. The number of carbonyl (C=O) groups excluding carboxylic acids is 1. The monoisotopic (exact) mass is 334 g/mol. The van der Waals surface area contributed by atoms with Crippen LogP contribution in [-0.4, -0.2) is 37.2 Å². The number of thiophene rings is 1. The summed E-state index contributed by atoms with van der Waals surface area (Å²) >= 11 is 1.72. The number of morpholine rings is 1. The normalized spacial score (nSPS) is 19.6. The van der Waals surface area contributed by atoms with Crippen molar-refractivity contribution in [2.75, 3.05) is 26.2 Å². The fraction of sp³-hybridized carbons (Fsp3) is 0.471. The van der Waals surface area contributed by atoms with E-state index in [0.29, 0.717) is 32.2 Å². The van der Waals surface area contributed by atoms with Gasteiger partial charge in [-0.15, -0.1) is 11.3 Å². The second-order valence-corrected chi connectivity index (χ2v) is 6.84. The van der Waals surface area contributed by atoms with Gasteiger partial charge in [0, 0.05) is 23.9 Å². The minimum absolute atomic E-state index is 0.0371. The topological polar surface area (TPSA) is 54.7 Å². The zero-order chi connectivity index (χ0) is 16.2. The molecule has 1 saturated heterocycles. The summed E-state index contributed by atoms with van der Waals surface area (Å²) in [6.07, 6.45) is -0.182. The second kappa shape index (κ2) is 7.19. The molecule has 3 rings (SSSR count). The average molecular weight is 334 g/mol. The standard InChI is InChI=1S/C17H22N2O3S/c1-12(16-4-3-9-23-16)10-18-17(20)19-7-8-21-15(11-19)14-6-5-13(2)22-14/h3-6,9,12,15H,7-8,10-11H2,1-2H3,(H,18,20)/t12-,15-/m0/s1. The summed E-state index contributed by atoms with van der Waals surface area (Å²) in [6.45, 7) is 6.32. The Morgan fingerprint density at radius 2 is 2.35 bits per heavy atom. The molecule has 2 aromatic heterocycles. The van der Waals surface area contributed by atoms with E-state index in [2.05, 4.69) is 23.7 Å². The summed E-state index contributed by atoms with van der Waals surface area (Å²) in [4.78, 5) is 15.5. The lowest BCUT2D eigenvalue weighted by Gasteiger charge is -2.32. The number of hydrogen-bond acceptors (Lipinski definition) is 4. The van der Waals surface area contributed by atoms with E-state index in [0.717, 1.165) is 11.5 Å². The highest BCUT2D eigenvalue weighted by Gasteiger charge is 2.27. The van der Waals surface area contributed by atoms with E-state index in [4.69, 9.17) is 9.15 Å². The summed E-state index contributed by atoms with van der Waals surface area (Å²) in [5, 5.41) is 5.09. The van der Waals surface area contributed by atoms with Crippen LogP contribution in [0.4, 0.5) is 4.79 Å². The Labute approximate surface area is 140 Å². The zero-order valence-electron chi connectivity index (χ0n) is 13.5. The first-order valence-corrected chi connectivity index (χ1v) is 8.75. The van der Waals surface area contributed by atoms with E-state index in [1.807, 2.05) is 25.1 Å². The van der Waals surface area contributed by atoms with Gasteiger partial charge in [-0.05, 0) is 30.5 Å². The average Bonchev–Trinajstić information content (AvgIpc) is 3.24. The Hall–Kier alpha value is -1.79.